The van der Waals surface area contributed by atoms with E-state index in [1.807, 2.05) is 23.9 Å². The fraction of sp³-hybridized carbons (Fsp3) is 0.200. The second-order valence-electron chi connectivity index (χ2n) is 2.48. The Morgan fingerprint density at radius 1 is 1.42 bits per heavy atom. The van der Waals surface area contributed by atoms with Crippen LogP contribution >= 0.6 is 11.8 Å². The van der Waals surface area contributed by atoms with Crippen LogP contribution in [0.4, 0.5) is 0 Å². The van der Waals surface area contributed by atoms with E-state index in [-0.39, 0.29) is 0 Å². The number of hydrogen-bond acceptors (Lipinski definition) is 2. The minimum absolute atomic E-state index is 0.628. The van der Waals surface area contributed by atoms with Crippen molar-refractivity contribution in [1.82, 2.24) is 0 Å². The second-order valence-corrected chi connectivity index (χ2v) is 3.82. The monoisotopic (exact) mass is 179 g/mol. The second kappa shape index (κ2) is 4.21. The van der Waals surface area contributed by atoms with Gasteiger partial charge in [0, 0.05) is 10.6 Å². The first-order chi connectivity index (χ1) is 5.74. The van der Waals surface area contributed by atoms with E-state index in [0.717, 1.165) is 11.3 Å². The molecule has 1 aromatic carbocycles. The van der Waals surface area contributed by atoms with Crippen LogP contribution in [0, 0.1) is 0 Å². The van der Waals surface area contributed by atoms with Gasteiger partial charge in [-0.15, -0.1) is 11.8 Å². The molecule has 0 amide bonds. The van der Waals surface area contributed by atoms with Crippen molar-refractivity contribution in [3.8, 4) is 0 Å². The van der Waals surface area contributed by atoms with Gasteiger partial charge in [-0.25, -0.2) is 0 Å². The van der Waals surface area contributed by atoms with E-state index in [2.05, 4.69) is 25.6 Å². The molecule has 1 nitrogen and oxygen atoms in total. The van der Waals surface area contributed by atoms with Crippen molar-refractivity contribution in [3.05, 3.63) is 36.4 Å². The molecule has 0 saturated carbocycles. The maximum absolute atomic E-state index is 5.54. The summed E-state index contributed by atoms with van der Waals surface area (Å²) in [6.45, 7) is 5.81. The van der Waals surface area contributed by atoms with Crippen LogP contribution in [0.15, 0.2) is 35.7 Å². The Morgan fingerprint density at radius 2 is 2.00 bits per heavy atom. The third-order valence-corrected chi connectivity index (χ3v) is 2.43. The molecule has 1 rings (SSSR count). The number of rotatable bonds is 3. The topological polar surface area (TPSA) is 26.0 Å². The summed E-state index contributed by atoms with van der Waals surface area (Å²) in [5.41, 5.74) is 7.17. The summed E-state index contributed by atoms with van der Waals surface area (Å²) in [6.07, 6.45) is 0. The highest BCUT2D eigenvalue weighted by Gasteiger charge is 1.94. The molecule has 64 valence electrons. The van der Waals surface area contributed by atoms with E-state index < -0.39 is 0 Å². The molecule has 0 aliphatic carbocycles. The average molecular weight is 179 g/mol. The smallest absolute Gasteiger partial charge is 0.0314 e. The van der Waals surface area contributed by atoms with E-state index >= 15 is 0 Å². The van der Waals surface area contributed by atoms with Gasteiger partial charge in [-0.2, -0.15) is 0 Å². The Bertz CT molecular complexity index is 264. The zero-order valence-corrected chi connectivity index (χ0v) is 8.03. The zero-order valence-electron chi connectivity index (χ0n) is 7.21. The summed E-state index contributed by atoms with van der Waals surface area (Å²) < 4.78 is 0. The van der Waals surface area contributed by atoms with Crippen molar-refractivity contribution < 1.29 is 0 Å². The lowest BCUT2D eigenvalue weighted by molar-refractivity contribution is 1.40. The van der Waals surface area contributed by atoms with Gasteiger partial charge in [0.1, 0.15) is 0 Å². The maximum atomic E-state index is 5.54. The summed E-state index contributed by atoms with van der Waals surface area (Å²) in [5.74, 6) is 1.10. The number of hydrogen-bond donors (Lipinski definition) is 1. The molecular formula is C10H13NS. The minimum Gasteiger partial charge on any atom is -0.399 e. The van der Waals surface area contributed by atoms with E-state index in [9.17, 15) is 0 Å². The summed E-state index contributed by atoms with van der Waals surface area (Å²) in [4.78, 5) is 1.28. The fourth-order valence-corrected chi connectivity index (χ4v) is 1.59. The Morgan fingerprint density at radius 3 is 2.42 bits per heavy atom. The van der Waals surface area contributed by atoms with Crippen molar-refractivity contribution >= 4 is 17.5 Å². The normalized spacial score (nSPS) is 9.75. The molecule has 0 aliphatic rings. The van der Waals surface area contributed by atoms with E-state index in [4.69, 9.17) is 5.73 Å². The highest BCUT2D eigenvalue weighted by molar-refractivity contribution is 7.99. The lowest BCUT2D eigenvalue weighted by atomic mass is 10.2. The number of nitrogens with two attached hydrogens (primary N) is 1. The van der Waals surface area contributed by atoms with Crippen LogP contribution in [-0.4, -0.2) is 5.75 Å². The standard InChI is InChI=1S/C10H13NS/c1-3-12-10-6-4-9(5-7-10)8(2)11/h4-7H,2-3,11H2,1H3. The third kappa shape index (κ3) is 2.31. The van der Waals surface area contributed by atoms with Gasteiger partial charge in [0.2, 0.25) is 0 Å². The Labute approximate surface area is 77.7 Å². The Kier molecular flexibility index (Phi) is 3.23. The van der Waals surface area contributed by atoms with Crippen molar-refractivity contribution in [2.45, 2.75) is 11.8 Å². The summed E-state index contributed by atoms with van der Waals surface area (Å²) in [7, 11) is 0. The molecule has 0 aromatic heterocycles. The summed E-state index contributed by atoms with van der Waals surface area (Å²) >= 11 is 1.83. The van der Waals surface area contributed by atoms with Gasteiger partial charge in [0.25, 0.3) is 0 Å². The SMILES string of the molecule is C=C(N)c1ccc(SCC)cc1. The lowest BCUT2D eigenvalue weighted by Gasteiger charge is -2.01. The molecule has 0 bridgehead atoms. The van der Waals surface area contributed by atoms with Crippen LogP contribution in [0.5, 0.6) is 0 Å². The van der Waals surface area contributed by atoms with Gasteiger partial charge in [-0.1, -0.05) is 25.6 Å². The molecule has 0 unspecified atom stereocenters. The predicted octanol–water partition coefficient (Wildman–Crippen LogP) is 2.73. The molecule has 12 heavy (non-hydrogen) atoms. The van der Waals surface area contributed by atoms with Gasteiger partial charge in [0.05, 0.1) is 0 Å². The zero-order chi connectivity index (χ0) is 8.97. The number of benzene rings is 1. The van der Waals surface area contributed by atoms with Crippen molar-refractivity contribution in [3.63, 3.8) is 0 Å². The van der Waals surface area contributed by atoms with Gasteiger partial charge < -0.3 is 5.73 Å². The first-order valence-electron chi connectivity index (χ1n) is 3.91. The highest BCUT2D eigenvalue weighted by atomic mass is 32.2. The molecule has 2 N–H and O–H groups in total. The minimum atomic E-state index is 0.628. The Hall–Kier alpha value is -0.890. The molecule has 0 saturated heterocycles. The quantitative estimate of drug-likeness (QED) is 0.722. The van der Waals surface area contributed by atoms with Crippen molar-refractivity contribution in [2.24, 2.45) is 5.73 Å². The van der Waals surface area contributed by atoms with Crippen LogP contribution in [0.25, 0.3) is 5.70 Å². The van der Waals surface area contributed by atoms with E-state index in [1.54, 1.807) is 0 Å². The molecule has 0 heterocycles. The van der Waals surface area contributed by atoms with E-state index in [1.165, 1.54) is 4.90 Å². The van der Waals surface area contributed by atoms with E-state index in [0.29, 0.717) is 5.70 Å². The molecule has 0 spiro atoms. The van der Waals surface area contributed by atoms with Crippen LogP contribution < -0.4 is 5.73 Å². The third-order valence-electron chi connectivity index (χ3n) is 1.54. The molecule has 1 aromatic rings. The average Bonchev–Trinajstić information content (AvgIpc) is 2.06. The summed E-state index contributed by atoms with van der Waals surface area (Å²) in [6, 6.07) is 8.14. The van der Waals surface area contributed by atoms with Crippen LogP contribution in [0.1, 0.15) is 12.5 Å². The fourth-order valence-electron chi connectivity index (χ4n) is 0.932. The first kappa shape index (κ1) is 9.20. The highest BCUT2D eigenvalue weighted by Crippen LogP contribution is 2.18. The van der Waals surface area contributed by atoms with Gasteiger partial charge in [-0.05, 0) is 23.4 Å². The predicted molar refractivity (Wildman–Crippen MR) is 56.1 cm³/mol. The van der Waals surface area contributed by atoms with Gasteiger partial charge >= 0.3 is 0 Å². The van der Waals surface area contributed by atoms with Crippen LogP contribution in [-0.2, 0) is 0 Å². The van der Waals surface area contributed by atoms with Crippen molar-refractivity contribution in [2.75, 3.05) is 5.75 Å². The first-order valence-corrected chi connectivity index (χ1v) is 4.90. The van der Waals surface area contributed by atoms with Gasteiger partial charge in [0.15, 0.2) is 0 Å². The van der Waals surface area contributed by atoms with Crippen molar-refractivity contribution in [1.29, 1.82) is 0 Å². The molecule has 0 atom stereocenters. The summed E-state index contributed by atoms with van der Waals surface area (Å²) in [5, 5.41) is 0. The lowest BCUT2D eigenvalue weighted by Crippen LogP contribution is -1.92. The maximum Gasteiger partial charge on any atom is 0.0314 e. The largest absolute Gasteiger partial charge is 0.399 e. The molecule has 2 heteroatoms. The molecule has 0 fully saturated rings. The molecular weight excluding hydrogens is 166 g/mol. The number of thioether (sulfide) groups is 1. The van der Waals surface area contributed by atoms with Crippen LogP contribution in [0.2, 0.25) is 0 Å². The molecule has 0 radical (unpaired) electrons. The molecule has 0 aliphatic heterocycles. The van der Waals surface area contributed by atoms with Crippen LogP contribution in [0.3, 0.4) is 0 Å². The Balaban J connectivity index is 2.78. The van der Waals surface area contributed by atoms with Gasteiger partial charge in [-0.3, -0.25) is 0 Å².